The van der Waals surface area contributed by atoms with E-state index in [2.05, 4.69) is 50.4 Å². The van der Waals surface area contributed by atoms with Crippen LogP contribution < -0.4 is 5.32 Å². The maximum atomic E-state index is 11.4. The number of carbonyl (C=O) groups is 1. The van der Waals surface area contributed by atoms with Gasteiger partial charge < -0.3 is 5.32 Å². The molecule has 1 saturated heterocycles. The molecule has 80 valence electrons. The molecule has 1 aromatic rings. The lowest BCUT2D eigenvalue weighted by Gasteiger charge is -2.26. The van der Waals surface area contributed by atoms with Crippen molar-refractivity contribution in [3.05, 3.63) is 35.4 Å². The highest BCUT2D eigenvalue weighted by molar-refractivity contribution is 5.81. The van der Waals surface area contributed by atoms with Gasteiger partial charge in [0, 0.05) is 17.9 Å². The Morgan fingerprint density at radius 1 is 1.27 bits per heavy atom. The number of aryl methyl sites for hydroxylation is 1. The van der Waals surface area contributed by atoms with E-state index in [1.54, 1.807) is 0 Å². The summed E-state index contributed by atoms with van der Waals surface area (Å²) in [5.41, 5.74) is 2.39. The van der Waals surface area contributed by atoms with Crippen LogP contribution >= 0.6 is 0 Å². The summed E-state index contributed by atoms with van der Waals surface area (Å²) >= 11 is 0. The topological polar surface area (TPSA) is 29.1 Å². The molecule has 2 heteroatoms. The van der Waals surface area contributed by atoms with E-state index in [0.717, 1.165) is 0 Å². The monoisotopic (exact) mass is 203 g/mol. The summed E-state index contributed by atoms with van der Waals surface area (Å²) in [7, 11) is 0. The van der Waals surface area contributed by atoms with Crippen LogP contribution in [0.4, 0.5) is 0 Å². The highest BCUT2D eigenvalue weighted by atomic mass is 16.2. The molecule has 0 saturated carbocycles. The summed E-state index contributed by atoms with van der Waals surface area (Å²) in [6.07, 6.45) is 0.607. The number of benzene rings is 1. The lowest BCUT2D eigenvalue weighted by molar-refractivity contribution is -0.119. The molecule has 0 aliphatic carbocycles. The van der Waals surface area contributed by atoms with Crippen molar-refractivity contribution in [3.63, 3.8) is 0 Å². The SMILES string of the molecule is Cc1ccc(C2CC(=O)NC2(C)C)cc1. The Labute approximate surface area is 90.7 Å². The van der Waals surface area contributed by atoms with Crippen LogP contribution in [0.5, 0.6) is 0 Å². The number of carbonyl (C=O) groups excluding carboxylic acids is 1. The van der Waals surface area contributed by atoms with Crippen molar-refractivity contribution in [1.82, 2.24) is 5.32 Å². The summed E-state index contributed by atoms with van der Waals surface area (Å²) < 4.78 is 0. The predicted molar refractivity (Wildman–Crippen MR) is 60.8 cm³/mol. The fraction of sp³-hybridized carbons (Fsp3) is 0.462. The van der Waals surface area contributed by atoms with Crippen molar-refractivity contribution in [1.29, 1.82) is 0 Å². The van der Waals surface area contributed by atoms with Crippen LogP contribution in [0.15, 0.2) is 24.3 Å². The maximum absolute atomic E-state index is 11.4. The molecule has 2 rings (SSSR count). The third-order valence-electron chi connectivity index (χ3n) is 3.20. The van der Waals surface area contributed by atoms with E-state index in [4.69, 9.17) is 0 Å². The lowest BCUT2D eigenvalue weighted by atomic mass is 9.83. The van der Waals surface area contributed by atoms with Gasteiger partial charge in [-0.15, -0.1) is 0 Å². The van der Waals surface area contributed by atoms with Crippen LogP contribution in [0.25, 0.3) is 0 Å². The summed E-state index contributed by atoms with van der Waals surface area (Å²) in [6, 6.07) is 8.46. The minimum Gasteiger partial charge on any atom is -0.351 e. The molecule has 1 heterocycles. The summed E-state index contributed by atoms with van der Waals surface area (Å²) in [4.78, 5) is 11.4. The molecule has 1 amide bonds. The van der Waals surface area contributed by atoms with Crippen molar-refractivity contribution < 1.29 is 4.79 Å². The molecule has 1 aromatic carbocycles. The van der Waals surface area contributed by atoms with Crippen LogP contribution in [0, 0.1) is 6.92 Å². The molecule has 0 bridgehead atoms. The molecule has 1 atom stereocenters. The third-order valence-corrected chi connectivity index (χ3v) is 3.20. The van der Waals surface area contributed by atoms with E-state index < -0.39 is 0 Å². The number of hydrogen-bond donors (Lipinski definition) is 1. The quantitative estimate of drug-likeness (QED) is 0.746. The van der Waals surface area contributed by atoms with Gasteiger partial charge in [0.25, 0.3) is 0 Å². The molecular formula is C13H17NO. The van der Waals surface area contributed by atoms with Crippen LogP contribution in [0.2, 0.25) is 0 Å². The van der Waals surface area contributed by atoms with Crippen molar-refractivity contribution in [2.75, 3.05) is 0 Å². The summed E-state index contributed by atoms with van der Waals surface area (Å²) in [5.74, 6) is 0.455. The van der Waals surface area contributed by atoms with E-state index >= 15 is 0 Å². The number of amides is 1. The second kappa shape index (κ2) is 3.37. The molecule has 1 fully saturated rings. The molecule has 1 unspecified atom stereocenters. The van der Waals surface area contributed by atoms with Gasteiger partial charge in [0.05, 0.1) is 0 Å². The largest absolute Gasteiger partial charge is 0.351 e. The number of hydrogen-bond acceptors (Lipinski definition) is 1. The number of rotatable bonds is 1. The van der Waals surface area contributed by atoms with Crippen LogP contribution in [-0.4, -0.2) is 11.4 Å². The highest BCUT2D eigenvalue weighted by Gasteiger charge is 2.39. The normalized spacial score (nSPS) is 23.9. The molecule has 1 N–H and O–H groups in total. The van der Waals surface area contributed by atoms with E-state index in [9.17, 15) is 4.79 Å². The predicted octanol–water partition coefficient (Wildman–Crippen LogP) is 2.38. The van der Waals surface area contributed by atoms with Gasteiger partial charge in [0.2, 0.25) is 5.91 Å². The minimum atomic E-state index is -0.119. The average molecular weight is 203 g/mol. The average Bonchev–Trinajstić information content (AvgIpc) is 2.41. The van der Waals surface area contributed by atoms with E-state index in [1.807, 2.05) is 0 Å². The van der Waals surface area contributed by atoms with Gasteiger partial charge in [-0.2, -0.15) is 0 Å². The Balaban J connectivity index is 2.31. The molecular weight excluding hydrogens is 186 g/mol. The Bertz CT molecular complexity index is 378. The Morgan fingerprint density at radius 2 is 1.87 bits per heavy atom. The van der Waals surface area contributed by atoms with Gasteiger partial charge >= 0.3 is 0 Å². The molecule has 0 spiro atoms. The zero-order valence-corrected chi connectivity index (χ0v) is 9.50. The lowest BCUT2D eigenvalue weighted by Crippen LogP contribution is -2.38. The first-order valence-corrected chi connectivity index (χ1v) is 5.36. The van der Waals surface area contributed by atoms with Crippen LogP contribution in [-0.2, 0) is 4.79 Å². The molecule has 15 heavy (non-hydrogen) atoms. The zero-order valence-electron chi connectivity index (χ0n) is 9.50. The standard InChI is InChI=1S/C13H17NO/c1-9-4-6-10(7-5-9)11-8-12(15)14-13(11,2)3/h4-7,11H,8H2,1-3H3,(H,14,15). The van der Waals surface area contributed by atoms with Crippen molar-refractivity contribution in [2.45, 2.75) is 38.6 Å². The molecule has 1 aliphatic rings. The fourth-order valence-electron chi connectivity index (χ4n) is 2.27. The molecule has 2 nitrogen and oxygen atoms in total. The zero-order chi connectivity index (χ0) is 11.1. The van der Waals surface area contributed by atoms with Gasteiger partial charge in [-0.25, -0.2) is 0 Å². The molecule has 1 aliphatic heterocycles. The molecule has 0 radical (unpaired) electrons. The van der Waals surface area contributed by atoms with Gasteiger partial charge in [-0.3, -0.25) is 4.79 Å². The van der Waals surface area contributed by atoms with Crippen molar-refractivity contribution >= 4 is 5.91 Å². The van der Waals surface area contributed by atoms with Gasteiger partial charge in [0.15, 0.2) is 0 Å². The van der Waals surface area contributed by atoms with Gasteiger partial charge in [0.1, 0.15) is 0 Å². The minimum absolute atomic E-state index is 0.119. The third kappa shape index (κ3) is 1.89. The second-order valence-corrected chi connectivity index (χ2v) is 4.94. The highest BCUT2D eigenvalue weighted by Crippen LogP contribution is 2.35. The first-order valence-electron chi connectivity index (χ1n) is 5.36. The van der Waals surface area contributed by atoms with Gasteiger partial charge in [-0.05, 0) is 26.3 Å². The Morgan fingerprint density at radius 3 is 2.33 bits per heavy atom. The summed E-state index contributed by atoms with van der Waals surface area (Å²) in [5, 5.41) is 3.02. The van der Waals surface area contributed by atoms with E-state index in [1.165, 1.54) is 11.1 Å². The maximum Gasteiger partial charge on any atom is 0.221 e. The summed E-state index contributed by atoms with van der Waals surface area (Å²) in [6.45, 7) is 6.25. The van der Waals surface area contributed by atoms with Gasteiger partial charge in [-0.1, -0.05) is 29.8 Å². The fourth-order valence-corrected chi connectivity index (χ4v) is 2.27. The van der Waals surface area contributed by atoms with Crippen molar-refractivity contribution in [3.8, 4) is 0 Å². The van der Waals surface area contributed by atoms with Crippen LogP contribution in [0.1, 0.15) is 37.3 Å². The Kier molecular flexibility index (Phi) is 2.29. The number of nitrogens with one attached hydrogen (secondary N) is 1. The smallest absolute Gasteiger partial charge is 0.221 e. The first-order chi connectivity index (χ1) is 6.99. The molecule has 0 aromatic heterocycles. The first kappa shape index (κ1) is 10.2. The second-order valence-electron chi connectivity index (χ2n) is 4.94. The van der Waals surface area contributed by atoms with Crippen molar-refractivity contribution in [2.24, 2.45) is 0 Å². The Hall–Kier alpha value is -1.31. The van der Waals surface area contributed by atoms with E-state index in [-0.39, 0.29) is 11.4 Å². The van der Waals surface area contributed by atoms with E-state index in [0.29, 0.717) is 12.3 Å². The van der Waals surface area contributed by atoms with Crippen LogP contribution in [0.3, 0.4) is 0 Å².